The summed E-state index contributed by atoms with van der Waals surface area (Å²) in [7, 11) is 0. The van der Waals surface area contributed by atoms with Gasteiger partial charge < -0.3 is 15.9 Å². The lowest BCUT2D eigenvalue weighted by molar-refractivity contribution is -0.137. The zero-order valence-corrected chi connectivity index (χ0v) is 8.28. The first-order valence-electron chi connectivity index (χ1n) is 4.55. The largest absolute Gasteiger partial charge is 0.507 e. The van der Waals surface area contributed by atoms with Crippen LogP contribution in [0.3, 0.4) is 0 Å². The van der Waals surface area contributed by atoms with Gasteiger partial charge in [0.05, 0.1) is 6.42 Å². The van der Waals surface area contributed by atoms with Gasteiger partial charge in [-0.1, -0.05) is 0 Å². The van der Waals surface area contributed by atoms with Crippen LogP contribution in [0.5, 0.6) is 5.75 Å². The Labute approximate surface area is 90.3 Å². The second kappa shape index (κ2) is 4.89. The molecular formula is C10H11F2NO3. The molecule has 0 aliphatic rings. The molecule has 0 amide bonds. The van der Waals surface area contributed by atoms with Crippen molar-refractivity contribution in [1.29, 1.82) is 0 Å². The number of carboxylic acid groups (broad SMARTS) is 1. The van der Waals surface area contributed by atoms with E-state index in [0.717, 1.165) is 6.07 Å². The van der Waals surface area contributed by atoms with Crippen molar-refractivity contribution in [3.8, 4) is 5.75 Å². The molecule has 0 heterocycles. The number of aliphatic carboxylic acids is 1. The zero-order chi connectivity index (χ0) is 12.3. The molecule has 4 nitrogen and oxygen atoms in total. The first-order chi connectivity index (χ1) is 7.45. The first kappa shape index (κ1) is 12.4. The van der Waals surface area contributed by atoms with E-state index in [2.05, 4.69) is 0 Å². The van der Waals surface area contributed by atoms with Crippen molar-refractivity contribution in [1.82, 2.24) is 0 Å². The number of phenols is 1. The average molecular weight is 231 g/mol. The van der Waals surface area contributed by atoms with Gasteiger partial charge in [0.2, 0.25) is 0 Å². The normalized spacial score (nSPS) is 12.4. The Morgan fingerprint density at radius 3 is 2.50 bits per heavy atom. The summed E-state index contributed by atoms with van der Waals surface area (Å²) in [4.78, 5) is 10.5. The molecule has 0 spiro atoms. The Morgan fingerprint density at radius 1 is 1.44 bits per heavy atom. The van der Waals surface area contributed by atoms with Crippen molar-refractivity contribution in [2.75, 3.05) is 6.54 Å². The van der Waals surface area contributed by atoms with E-state index < -0.39 is 35.7 Å². The molecule has 0 aliphatic carbocycles. The molecule has 1 rings (SSSR count). The highest BCUT2D eigenvalue weighted by atomic mass is 19.1. The van der Waals surface area contributed by atoms with E-state index in [4.69, 9.17) is 10.8 Å². The summed E-state index contributed by atoms with van der Waals surface area (Å²) in [5.74, 6) is -4.58. The number of aromatic hydroxyl groups is 1. The lowest BCUT2D eigenvalue weighted by Crippen LogP contribution is -2.17. The Morgan fingerprint density at radius 2 is 2.06 bits per heavy atom. The zero-order valence-electron chi connectivity index (χ0n) is 8.28. The Bertz CT molecular complexity index is 386. The van der Waals surface area contributed by atoms with Gasteiger partial charge in [-0.25, -0.2) is 8.78 Å². The topological polar surface area (TPSA) is 83.6 Å². The number of rotatable bonds is 4. The Hall–Kier alpha value is -1.69. The maximum atomic E-state index is 13.4. The van der Waals surface area contributed by atoms with Gasteiger partial charge in [0, 0.05) is 23.6 Å². The molecule has 4 N–H and O–H groups in total. The van der Waals surface area contributed by atoms with Crippen molar-refractivity contribution in [2.45, 2.75) is 12.3 Å². The standard InChI is InChI=1S/C10H11F2NO3/c11-6-2-7(12)10(8(14)3-6)5(4-13)1-9(15)16/h2-3,5,14H,1,4,13H2,(H,15,16). The van der Waals surface area contributed by atoms with E-state index in [-0.39, 0.29) is 12.1 Å². The highest BCUT2D eigenvalue weighted by molar-refractivity contribution is 5.68. The summed E-state index contributed by atoms with van der Waals surface area (Å²) in [6, 6.07) is 1.31. The molecule has 0 aromatic heterocycles. The number of carbonyl (C=O) groups is 1. The number of hydrogen-bond acceptors (Lipinski definition) is 3. The highest BCUT2D eigenvalue weighted by Crippen LogP contribution is 2.31. The van der Waals surface area contributed by atoms with Crippen molar-refractivity contribution in [2.24, 2.45) is 5.73 Å². The number of carboxylic acids is 1. The highest BCUT2D eigenvalue weighted by Gasteiger charge is 2.22. The minimum absolute atomic E-state index is 0.150. The molecule has 1 aromatic rings. The molecule has 1 unspecified atom stereocenters. The van der Waals surface area contributed by atoms with Crippen molar-refractivity contribution in [3.63, 3.8) is 0 Å². The molecule has 88 valence electrons. The summed E-state index contributed by atoms with van der Waals surface area (Å²) >= 11 is 0. The summed E-state index contributed by atoms with van der Waals surface area (Å²) in [5.41, 5.74) is 5.04. The molecule has 0 fully saturated rings. The Balaban J connectivity index is 3.14. The van der Waals surface area contributed by atoms with Gasteiger partial charge >= 0.3 is 5.97 Å². The van der Waals surface area contributed by atoms with E-state index >= 15 is 0 Å². The van der Waals surface area contributed by atoms with E-state index in [9.17, 15) is 18.7 Å². The molecule has 0 radical (unpaired) electrons. The van der Waals surface area contributed by atoms with Gasteiger partial charge in [-0.05, 0) is 6.54 Å². The van der Waals surface area contributed by atoms with Crippen LogP contribution in [0, 0.1) is 11.6 Å². The molecule has 0 saturated heterocycles. The van der Waals surface area contributed by atoms with E-state index in [1.165, 1.54) is 0 Å². The van der Waals surface area contributed by atoms with Gasteiger partial charge in [0.25, 0.3) is 0 Å². The average Bonchev–Trinajstić information content (AvgIpc) is 2.13. The predicted molar refractivity (Wildman–Crippen MR) is 52.1 cm³/mol. The third-order valence-electron chi connectivity index (χ3n) is 2.19. The quantitative estimate of drug-likeness (QED) is 0.726. The summed E-state index contributed by atoms with van der Waals surface area (Å²) in [6.45, 7) is -0.150. The summed E-state index contributed by atoms with van der Waals surface area (Å²) in [6.07, 6.45) is -0.424. The lowest BCUT2D eigenvalue weighted by Gasteiger charge is -2.15. The van der Waals surface area contributed by atoms with Crippen LogP contribution in [-0.2, 0) is 4.79 Å². The minimum atomic E-state index is -1.17. The Kier molecular flexibility index (Phi) is 3.78. The number of phenolic OH excluding ortho intramolecular Hbond substituents is 1. The second-order valence-electron chi connectivity index (χ2n) is 3.35. The smallest absolute Gasteiger partial charge is 0.304 e. The van der Waals surface area contributed by atoms with Crippen LogP contribution in [-0.4, -0.2) is 22.7 Å². The van der Waals surface area contributed by atoms with Crippen LogP contribution < -0.4 is 5.73 Å². The molecule has 1 atom stereocenters. The molecule has 0 bridgehead atoms. The fraction of sp³-hybridized carbons (Fsp3) is 0.300. The molecule has 0 aliphatic heterocycles. The van der Waals surface area contributed by atoms with Gasteiger partial charge in [0.15, 0.2) is 0 Å². The van der Waals surface area contributed by atoms with E-state index in [1.54, 1.807) is 0 Å². The van der Waals surface area contributed by atoms with Crippen molar-refractivity contribution < 1.29 is 23.8 Å². The first-order valence-corrected chi connectivity index (χ1v) is 4.55. The maximum absolute atomic E-state index is 13.4. The van der Waals surface area contributed by atoms with Gasteiger partial charge in [-0.2, -0.15) is 0 Å². The number of halogens is 2. The predicted octanol–water partition coefficient (Wildman–Crippen LogP) is 1.19. The van der Waals surface area contributed by atoms with Gasteiger partial charge in [0.1, 0.15) is 17.4 Å². The van der Waals surface area contributed by atoms with Crippen LogP contribution in [0.2, 0.25) is 0 Å². The summed E-state index contributed by atoms with van der Waals surface area (Å²) in [5, 5.41) is 17.9. The molecule has 0 saturated carbocycles. The number of hydrogen-bond donors (Lipinski definition) is 3. The fourth-order valence-electron chi connectivity index (χ4n) is 1.49. The SMILES string of the molecule is NCC(CC(=O)O)c1c(O)cc(F)cc1F. The minimum Gasteiger partial charge on any atom is -0.507 e. The van der Waals surface area contributed by atoms with Crippen molar-refractivity contribution in [3.05, 3.63) is 29.3 Å². The van der Waals surface area contributed by atoms with Crippen LogP contribution in [0.1, 0.15) is 17.9 Å². The lowest BCUT2D eigenvalue weighted by atomic mass is 9.94. The van der Waals surface area contributed by atoms with E-state index in [0.29, 0.717) is 6.07 Å². The van der Waals surface area contributed by atoms with Crippen LogP contribution >= 0.6 is 0 Å². The third kappa shape index (κ3) is 2.66. The van der Waals surface area contributed by atoms with Crippen LogP contribution in [0.15, 0.2) is 12.1 Å². The maximum Gasteiger partial charge on any atom is 0.304 e. The summed E-state index contributed by atoms with van der Waals surface area (Å²) < 4.78 is 26.0. The molecule has 16 heavy (non-hydrogen) atoms. The van der Waals surface area contributed by atoms with Gasteiger partial charge in [-0.3, -0.25) is 4.79 Å². The fourth-order valence-corrected chi connectivity index (χ4v) is 1.49. The van der Waals surface area contributed by atoms with E-state index in [1.807, 2.05) is 0 Å². The van der Waals surface area contributed by atoms with Gasteiger partial charge in [-0.15, -0.1) is 0 Å². The second-order valence-corrected chi connectivity index (χ2v) is 3.35. The van der Waals surface area contributed by atoms with Crippen molar-refractivity contribution >= 4 is 5.97 Å². The van der Waals surface area contributed by atoms with Crippen LogP contribution in [0.4, 0.5) is 8.78 Å². The third-order valence-corrected chi connectivity index (χ3v) is 2.19. The van der Waals surface area contributed by atoms with Crippen LogP contribution in [0.25, 0.3) is 0 Å². The number of benzene rings is 1. The molecule has 6 heteroatoms. The molecule has 1 aromatic carbocycles. The monoisotopic (exact) mass is 231 g/mol. The number of nitrogens with two attached hydrogens (primary N) is 1. The molecular weight excluding hydrogens is 220 g/mol.